The Morgan fingerprint density at radius 2 is 1.81 bits per heavy atom. The van der Waals surface area contributed by atoms with Gasteiger partial charge in [0.2, 0.25) is 5.91 Å². The number of halogens is 1. The number of hydrogen-bond acceptors (Lipinski definition) is 5. The van der Waals surface area contributed by atoms with Crippen molar-refractivity contribution in [2.45, 2.75) is 46.1 Å². The number of para-hydroxylation sites is 2. The lowest BCUT2D eigenvalue weighted by atomic mass is 9.74. The standard InChI is InChI=1S/C29H35ClN4O2/c1-4-24-28-23(17-29(2,3)18-26(28)35)31-22-10-5-6-11-25(22)34(24)19-27(36)33-14-12-32(13-15-33)21-9-7-8-20(30)16-21/h5-11,16,24,31H,4,12-15,17-19H2,1-3H3. The van der Waals surface area contributed by atoms with Crippen molar-refractivity contribution in [2.24, 2.45) is 5.41 Å². The molecule has 1 amide bonds. The molecular formula is C29H35ClN4O2. The summed E-state index contributed by atoms with van der Waals surface area (Å²) in [6.45, 7) is 9.53. The summed E-state index contributed by atoms with van der Waals surface area (Å²) >= 11 is 6.18. The van der Waals surface area contributed by atoms with Crippen LogP contribution in [0.2, 0.25) is 5.02 Å². The minimum absolute atomic E-state index is 0.0796. The molecule has 0 radical (unpaired) electrons. The van der Waals surface area contributed by atoms with Crippen molar-refractivity contribution in [1.82, 2.24) is 4.90 Å². The largest absolute Gasteiger partial charge is 0.368 e. The number of hydrogen-bond donors (Lipinski definition) is 1. The molecule has 7 heteroatoms. The van der Waals surface area contributed by atoms with Crippen molar-refractivity contribution in [2.75, 3.05) is 47.8 Å². The second-order valence-corrected chi connectivity index (χ2v) is 11.3. The zero-order valence-electron chi connectivity index (χ0n) is 21.4. The van der Waals surface area contributed by atoms with Gasteiger partial charge in [-0.2, -0.15) is 0 Å². The highest BCUT2D eigenvalue weighted by molar-refractivity contribution is 6.30. The van der Waals surface area contributed by atoms with Crippen molar-refractivity contribution >= 4 is 40.4 Å². The maximum atomic E-state index is 13.6. The van der Waals surface area contributed by atoms with Crippen LogP contribution >= 0.6 is 11.6 Å². The molecule has 1 saturated heterocycles. The molecule has 2 heterocycles. The van der Waals surface area contributed by atoms with E-state index in [1.165, 1.54) is 0 Å². The number of piperazine rings is 1. The number of carbonyl (C=O) groups excluding carboxylic acids is 2. The fourth-order valence-corrected chi connectivity index (χ4v) is 6.09. The van der Waals surface area contributed by atoms with Gasteiger partial charge in [-0.05, 0) is 48.6 Å². The Morgan fingerprint density at radius 1 is 1.06 bits per heavy atom. The van der Waals surface area contributed by atoms with E-state index in [4.69, 9.17) is 11.6 Å². The monoisotopic (exact) mass is 506 g/mol. The maximum absolute atomic E-state index is 13.6. The van der Waals surface area contributed by atoms with Crippen LogP contribution in [0.15, 0.2) is 59.8 Å². The molecule has 0 bridgehead atoms. The smallest absolute Gasteiger partial charge is 0.242 e. The van der Waals surface area contributed by atoms with Crippen LogP contribution in [0, 0.1) is 5.41 Å². The number of amides is 1. The Hall–Kier alpha value is -2.99. The Bertz CT molecular complexity index is 1200. The molecule has 2 aliphatic heterocycles. The molecule has 1 atom stereocenters. The highest BCUT2D eigenvalue weighted by Gasteiger charge is 2.40. The third-order valence-corrected chi connectivity index (χ3v) is 7.86. The van der Waals surface area contributed by atoms with Crippen LogP contribution in [0.5, 0.6) is 0 Å². The summed E-state index contributed by atoms with van der Waals surface area (Å²) in [5.74, 6) is 0.294. The molecular weight excluding hydrogens is 472 g/mol. The van der Waals surface area contributed by atoms with E-state index < -0.39 is 0 Å². The van der Waals surface area contributed by atoms with Gasteiger partial charge in [-0.25, -0.2) is 0 Å². The fraction of sp³-hybridized carbons (Fsp3) is 0.448. The minimum Gasteiger partial charge on any atom is -0.368 e. The van der Waals surface area contributed by atoms with Crippen LogP contribution in [0.4, 0.5) is 17.1 Å². The number of nitrogens with zero attached hydrogens (tertiary/aromatic N) is 3. The topological polar surface area (TPSA) is 55.9 Å². The SMILES string of the molecule is CCC1C2=C(CC(C)(C)CC2=O)Nc2ccccc2N1CC(=O)N1CCN(c2cccc(Cl)c2)CC1. The summed E-state index contributed by atoms with van der Waals surface area (Å²) in [7, 11) is 0. The van der Waals surface area contributed by atoms with Gasteiger partial charge in [0.15, 0.2) is 5.78 Å². The maximum Gasteiger partial charge on any atom is 0.242 e. The third-order valence-electron chi connectivity index (χ3n) is 7.63. The van der Waals surface area contributed by atoms with Gasteiger partial charge in [0.05, 0.1) is 24.0 Å². The molecule has 2 aromatic rings. The van der Waals surface area contributed by atoms with E-state index in [1.807, 2.05) is 41.3 Å². The molecule has 36 heavy (non-hydrogen) atoms. The van der Waals surface area contributed by atoms with Gasteiger partial charge in [-0.1, -0.05) is 50.6 Å². The summed E-state index contributed by atoms with van der Waals surface area (Å²) in [5, 5.41) is 4.32. The highest BCUT2D eigenvalue weighted by atomic mass is 35.5. The molecule has 0 saturated carbocycles. The molecule has 0 aromatic heterocycles. The lowest BCUT2D eigenvalue weighted by Gasteiger charge is -2.40. The summed E-state index contributed by atoms with van der Waals surface area (Å²) in [6, 6.07) is 15.9. The quantitative estimate of drug-likeness (QED) is 0.606. The Morgan fingerprint density at radius 3 is 2.53 bits per heavy atom. The van der Waals surface area contributed by atoms with E-state index in [2.05, 4.69) is 48.0 Å². The van der Waals surface area contributed by atoms with E-state index in [1.54, 1.807) is 0 Å². The number of ketones is 1. The van der Waals surface area contributed by atoms with Crippen LogP contribution in [-0.2, 0) is 9.59 Å². The number of nitrogens with one attached hydrogen (secondary N) is 1. The molecule has 1 unspecified atom stereocenters. The van der Waals surface area contributed by atoms with E-state index >= 15 is 0 Å². The normalized spacial score (nSPS) is 21.5. The average molecular weight is 507 g/mol. The number of fused-ring (bicyclic) bond motifs is 1. The molecule has 190 valence electrons. The van der Waals surface area contributed by atoms with Crippen molar-refractivity contribution in [3.8, 4) is 0 Å². The minimum atomic E-state index is -0.128. The predicted molar refractivity (Wildman–Crippen MR) is 147 cm³/mol. The van der Waals surface area contributed by atoms with Gasteiger partial charge < -0.3 is 20.0 Å². The molecule has 6 nitrogen and oxygen atoms in total. The molecule has 1 fully saturated rings. The predicted octanol–water partition coefficient (Wildman–Crippen LogP) is 5.34. The lowest BCUT2D eigenvalue weighted by Crippen LogP contribution is -2.53. The first-order chi connectivity index (χ1) is 17.3. The van der Waals surface area contributed by atoms with Crippen LogP contribution in [0.1, 0.15) is 40.0 Å². The molecule has 1 N–H and O–H groups in total. The van der Waals surface area contributed by atoms with E-state index in [-0.39, 0.29) is 29.7 Å². The number of anilines is 3. The molecule has 1 aliphatic carbocycles. The van der Waals surface area contributed by atoms with Crippen LogP contribution in [0.3, 0.4) is 0 Å². The zero-order chi connectivity index (χ0) is 25.4. The summed E-state index contributed by atoms with van der Waals surface area (Å²) in [5.41, 5.74) is 4.82. The Kier molecular flexibility index (Phi) is 6.73. The van der Waals surface area contributed by atoms with Gasteiger partial charge in [-0.3, -0.25) is 9.59 Å². The highest BCUT2D eigenvalue weighted by Crippen LogP contribution is 2.44. The summed E-state index contributed by atoms with van der Waals surface area (Å²) < 4.78 is 0. The number of benzene rings is 2. The van der Waals surface area contributed by atoms with Crippen molar-refractivity contribution in [3.63, 3.8) is 0 Å². The first-order valence-corrected chi connectivity index (χ1v) is 13.3. The Labute approximate surface area is 218 Å². The van der Waals surface area contributed by atoms with Gasteiger partial charge in [-0.15, -0.1) is 0 Å². The second kappa shape index (κ2) is 9.81. The van der Waals surface area contributed by atoms with Gasteiger partial charge in [0, 0.05) is 54.6 Å². The first-order valence-electron chi connectivity index (χ1n) is 12.9. The van der Waals surface area contributed by atoms with E-state index in [0.29, 0.717) is 19.5 Å². The van der Waals surface area contributed by atoms with Crippen LogP contribution in [0.25, 0.3) is 0 Å². The number of carbonyl (C=O) groups is 2. The van der Waals surface area contributed by atoms with Gasteiger partial charge in [0.25, 0.3) is 0 Å². The van der Waals surface area contributed by atoms with E-state index in [9.17, 15) is 9.59 Å². The van der Waals surface area contributed by atoms with Gasteiger partial charge in [0.1, 0.15) is 0 Å². The number of allylic oxidation sites excluding steroid dienone is 1. The summed E-state index contributed by atoms with van der Waals surface area (Å²) in [4.78, 5) is 33.4. The average Bonchev–Trinajstić information content (AvgIpc) is 2.97. The van der Waals surface area contributed by atoms with Crippen molar-refractivity contribution < 1.29 is 9.59 Å². The lowest BCUT2D eigenvalue weighted by molar-refractivity contribution is -0.130. The van der Waals surface area contributed by atoms with Crippen molar-refractivity contribution in [3.05, 3.63) is 64.8 Å². The molecule has 5 rings (SSSR count). The Balaban J connectivity index is 1.38. The second-order valence-electron chi connectivity index (χ2n) is 10.9. The van der Waals surface area contributed by atoms with Crippen LogP contribution < -0.4 is 15.1 Å². The van der Waals surface area contributed by atoms with E-state index in [0.717, 1.165) is 59.3 Å². The molecule has 0 spiro atoms. The molecule has 3 aliphatic rings. The number of rotatable bonds is 4. The first kappa shape index (κ1) is 24.7. The van der Waals surface area contributed by atoms with Crippen LogP contribution in [-0.4, -0.2) is 55.4 Å². The molecule has 2 aromatic carbocycles. The third kappa shape index (κ3) is 4.83. The van der Waals surface area contributed by atoms with Crippen molar-refractivity contribution in [1.29, 1.82) is 0 Å². The van der Waals surface area contributed by atoms with Gasteiger partial charge >= 0.3 is 0 Å². The number of Topliss-reactive ketones (excluding diaryl/α,β-unsaturated/α-hetero) is 1. The fourth-order valence-electron chi connectivity index (χ4n) is 5.90. The zero-order valence-corrected chi connectivity index (χ0v) is 22.1. The summed E-state index contributed by atoms with van der Waals surface area (Å²) in [6.07, 6.45) is 2.12.